The Bertz CT molecular complexity index is 1450. The highest BCUT2D eigenvalue weighted by atomic mass is 32.2. The Kier molecular flexibility index (Phi) is 10.8. The molecule has 0 saturated carbocycles. The number of carbonyl (C=O) groups is 2. The van der Waals surface area contributed by atoms with Gasteiger partial charge in [0.2, 0.25) is 21.8 Å². The molecule has 0 bridgehead atoms. The van der Waals surface area contributed by atoms with Gasteiger partial charge in [0.15, 0.2) is 11.6 Å². The Labute approximate surface area is 240 Å². The fraction of sp³-hybridized carbons (Fsp3) is 0.333. The van der Waals surface area contributed by atoms with Crippen LogP contribution in [-0.2, 0) is 32.6 Å². The van der Waals surface area contributed by atoms with E-state index in [9.17, 15) is 26.8 Å². The third-order valence-corrected chi connectivity index (χ3v) is 7.77. The smallest absolute Gasteiger partial charge is 0.244 e. The zero-order valence-electron chi connectivity index (χ0n) is 23.5. The van der Waals surface area contributed by atoms with Crippen molar-refractivity contribution >= 4 is 27.5 Å². The molecule has 0 aromatic heterocycles. The first-order chi connectivity index (χ1) is 19.4. The van der Waals surface area contributed by atoms with Crippen LogP contribution in [0.5, 0.6) is 5.75 Å². The maximum absolute atomic E-state index is 14.1. The molecular formula is C30H35F2N3O5S. The van der Waals surface area contributed by atoms with Crippen molar-refractivity contribution in [1.82, 2.24) is 10.2 Å². The predicted molar refractivity (Wildman–Crippen MR) is 154 cm³/mol. The molecule has 0 saturated heterocycles. The molecule has 0 heterocycles. The minimum atomic E-state index is -4.11. The third kappa shape index (κ3) is 8.75. The van der Waals surface area contributed by atoms with E-state index in [1.165, 1.54) is 12.0 Å². The van der Waals surface area contributed by atoms with Crippen molar-refractivity contribution in [3.05, 3.63) is 95.6 Å². The molecule has 0 spiro atoms. The molecule has 220 valence electrons. The molecule has 2 atom stereocenters. The highest BCUT2D eigenvalue weighted by molar-refractivity contribution is 7.92. The van der Waals surface area contributed by atoms with Gasteiger partial charge < -0.3 is 15.0 Å². The fourth-order valence-corrected chi connectivity index (χ4v) is 5.06. The van der Waals surface area contributed by atoms with Gasteiger partial charge >= 0.3 is 0 Å². The average molecular weight is 588 g/mol. The normalized spacial score (nSPS) is 12.7. The molecule has 2 unspecified atom stereocenters. The van der Waals surface area contributed by atoms with Crippen molar-refractivity contribution in [1.29, 1.82) is 0 Å². The number of halogens is 2. The molecule has 3 aromatic rings. The minimum Gasteiger partial charge on any atom is -0.497 e. The summed E-state index contributed by atoms with van der Waals surface area (Å²) < 4.78 is 59.2. The Morgan fingerprint density at radius 2 is 1.63 bits per heavy atom. The molecule has 0 aliphatic carbocycles. The third-order valence-electron chi connectivity index (χ3n) is 6.63. The Hall–Kier alpha value is -3.99. The van der Waals surface area contributed by atoms with Crippen LogP contribution in [0.2, 0.25) is 0 Å². The van der Waals surface area contributed by atoms with E-state index in [0.29, 0.717) is 28.1 Å². The van der Waals surface area contributed by atoms with E-state index >= 15 is 0 Å². The topological polar surface area (TPSA) is 96.0 Å². The molecule has 0 fully saturated rings. The van der Waals surface area contributed by atoms with Gasteiger partial charge in [0.25, 0.3) is 0 Å². The average Bonchev–Trinajstić information content (AvgIpc) is 2.94. The van der Waals surface area contributed by atoms with E-state index in [1.807, 2.05) is 44.2 Å². The second-order valence-electron chi connectivity index (χ2n) is 9.76. The van der Waals surface area contributed by atoms with Crippen LogP contribution in [0, 0.1) is 11.6 Å². The summed E-state index contributed by atoms with van der Waals surface area (Å²) in [5.74, 6) is -2.98. The standard InChI is InChI=1S/C30H35F2N3O5S/c1-5-21(2)33-30(37)28(17-22-10-7-6-8-11-22)34(19-23-12-9-13-25(16-23)40-3)29(36)20-35(41(4,38)39)24-14-15-26(31)27(32)18-24/h6-16,18,21,28H,5,17,19-20H2,1-4H3,(H,33,37). The Morgan fingerprint density at radius 3 is 2.24 bits per heavy atom. The molecule has 11 heteroatoms. The molecule has 8 nitrogen and oxygen atoms in total. The maximum atomic E-state index is 14.1. The lowest BCUT2D eigenvalue weighted by atomic mass is 10.0. The minimum absolute atomic E-state index is 0.0448. The number of amides is 2. The van der Waals surface area contributed by atoms with Crippen LogP contribution in [0.3, 0.4) is 0 Å². The molecule has 1 N–H and O–H groups in total. The van der Waals surface area contributed by atoms with E-state index < -0.39 is 46.1 Å². The van der Waals surface area contributed by atoms with Crippen LogP contribution >= 0.6 is 0 Å². The number of sulfonamides is 1. The first-order valence-corrected chi connectivity index (χ1v) is 15.0. The SMILES string of the molecule is CCC(C)NC(=O)C(Cc1ccccc1)N(Cc1cccc(OC)c1)C(=O)CN(c1ccc(F)c(F)c1)S(C)(=O)=O. The molecular weight excluding hydrogens is 552 g/mol. The number of hydrogen-bond acceptors (Lipinski definition) is 5. The van der Waals surface area contributed by atoms with Crippen molar-refractivity contribution < 1.29 is 31.5 Å². The lowest BCUT2D eigenvalue weighted by Crippen LogP contribution is -2.54. The number of hydrogen-bond donors (Lipinski definition) is 1. The van der Waals surface area contributed by atoms with Crippen molar-refractivity contribution in [2.75, 3.05) is 24.2 Å². The first kappa shape index (κ1) is 31.5. The van der Waals surface area contributed by atoms with Gasteiger partial charge in [0.1, 0.15) is 18.3 Å². The molecule has 41 heavy (non-hydrogen) atoms. The van der Waals surface area contributed by atoms with Gasteiger partial charge in [-0.1, -0.05) is 49.4 Å². The second kappa shape index (κ2) is 14.1. The molecule has 3 aromatic carbocycles. The Balaban J connectivity index is 2.08. The van der Waals surface area contributed by atoms with E-state index in [0.717, 1.165) is 24.0 Å². The summed E-state index contributed by atoms with van der Waals surface area (Å²) >= 11 is 0. The first-order valence-electron chi connectivity index (χ1n) is 13.1. The van der Waals surface area contributed by atoms with Crippen molar-refractivity contribution in [3.8, 4) is 5.75 Å². The number of carbonyl (C=O) groups excluding carboxylic acids is 2. The van der Waals surface area contributed by atoms with Crippen LogP contribution in [0.4, 0.5) is 14.5 Å². The number of methoxy groups -OCH3 is 1. The number of benzene rings is 3. The summed E-state index contributed by atoms with van der Waals surface area (Å²) in [5.41, 5.74) is 1.22. The van der Waals surface area contributed by atoms with Crippen molar-refractivity contribution in [3.63, 3.8) is 0 Å². The summed E-state index contributed by atoms with van der Waals surface area (Å²) in [6, 6.07) is 17.5. The van der Waals surface area contributed by atoms with Gasteiger partial charge in [-0.15, -0.1) is 0 Å². The van der Waals surface area contributed by atoms with Gasteiger partial charge in [-0.25, -0.2) is 17.2 Å². The van der Waals surface area contributed by atoms with E-state index in [2.05, 4.69) is 5.32 Å². The second-order valence-corrected chi connectivity index (χ2v) is 11.7. The number of anilines is 1. The Morgan fingerprint density at radius 1 is 0.951 bits per heavy atom. The molecule has 0 aliphatic heterocycles. The van der Waals surface area contributed by atoms with Crippen LogP contribution in [-0.4, -0.2) is 57.1 Å². The van der Waals surface area contributed by atoms with E-state index in [1.54, 1.807) is 24.3 Å². The van der Waals surface area contributed by atoms with Crippen molar-refractivity contribution in [2.45, 2.75) is 45.3 Å². The number of nitrogens with zero attached hydrogens (tertiary/aromatic N) is 2. The van der Waals surface area contributed by atoms with Gasteiger partial charge in [0.05, 0.1) is 19.1 Å². The summed E-state index contributed by atoms with van der Waals surface area (Å²) in [7, 11) is -2.61. The van der Waals surface area contributed by atoms with E-state index in [-0.39, 0.29) is 24.7 Å². The fourth-order valence-electron chi connectivity index (χ4n) is 4.22. The van der Waals surface area contributed by atoms with Crippen LogP contribution in [0.1, 0.15) is 31.4 Å². The lowest BCUT2D eigenvalue weighted by molar-refractivity contribution is -0.140. The summed E-state index contributed by atoms with van der Waals surface area (Å²) in [4.78, 5) is 29.0. The van der Waals surface area contributed by atoms with Gasteiger partial charge in [0, 0.05) is 25.1 Å². The zero-order chi connectivity index (χ0) is 30.2. The van der Waals surface area contributed by atoms with Gasteiger partial charge in [-0.2, -0.15) is 0 Å². The van der Waals surface area contributed by atoms with Crippen LogP contribution < -0.4 is 14.4 Å². The number of rotatable bonds is 13. The number of ether oxygens (including phenoxy) is 1. The largest absolute Gasteiger partial charge is 0.497 e. The monoisotopic (exact) mass is 587 g/mol. The summed E-state index contributed by atoms with van der Waals surface area (Å²) in [6.45, 7) is 2.98. The molecule has 0 radical (unpaired) electrons. The van der Waals surface area contributed by atoms with Gasteiger partial charge in [-0.3, -0.25) is 13.9 Å². The zero-order valence-corrected chi connectivity index (χ0v) is 24.3. The summed E-state index contributed by atoms with van der Waals surface area (Å²) in [5, 5.41) is 2.94. The van der Waals surface area contributed by atoms with Crippen LogP contribution in [0.15, 0.2) is 72.8 Å². The lowest BCUT2D eigenvalue weighted by Gasteiger charge is -2.34. The highest BCUT2D eigenvalue weighted by Crippen LogP contribution is 2.23. The van der Waals surface area contributed by atoms with Crippen molar-refractivity contribution in [2.24, 2.45) is 0 Å². The quantitative estimate of drug-likeness (QED) is 0.322. The molecule has 2 amide bonds. The van der Waals surface area contributed by atoms with Gasteiger partial charge in [-0.05, 0) is 48.7 Å². The van der Waals surface area contributed by atoms with E-state index in [4.69, 9.17) is 4.74 Å². The number of nitrogens with one attached hydrogen (secondary N) is 1. The maximum Gasteiger partial charge on any atom is 0.244 e. The predicted octanol–water partition coefficient (Wildman–Crippen LogP) is 4.29. The highest BCUT2D eigenvalue weighted by Gasteiger charge is 2.33. The summed E-state index contributed by atoms with van der Waals surface area (Å²) in [6.07, 6.45) is 1.68. The molecule has 0 aliphatic rings. The van der Waals surface area contributed by atoms with Crippen LogP contribution in [0.25, 0.3) is 0 Å². The molecule has 3 rings (SSSR count).